The smallest absolute Gasteiger partial charge is 0.429 e. The van der Waals surface area contributed by atoms with E-state index in [-0.39, 0.29) is 29.5 Å². The molecule has 0 aliphatic carbocycles. The van der Waals surface area contributed by atoms with E-state index in [4.69, 9.17) is 26.0 Å². The number of nitrogens with two attached hydrogens (primary N) is 2. The zero-order chi connectivity index (χ0) is 26.7. The predicted octanol–water partition coefficient (Wildman–Crippen LogP) is 4.52. The molecule has 0 bridgehead atoms. The number of fused-ring (bicyclic) bond motifs is 1. The molecule has 37 heavy (non-hydrogen) atoms. The maximum Gasteiger partial charge on any atom is 0.429 e. The largest absolute Gasteiger partial charge is 0.497 e. The average Bonchev–Trinajstić information content (AvgIpc) is 2.86. The van der Waals surface area contributed by atoms with E-state index in [2.05, 4.69) is 9.97 Å². The number of aliphatic carboxylic acids is 1. The van der Waals surface area contributed by atoms with Crippen molar-refractivity contribution in [2.75, 3.05) is 12.8 Å². The second kappa shape index (κ2) is 10.3. The molecule has 0 aliphatic heterocycles. The number of hydrogen-bond acceptors (Lipinski definition) is 7. The minimum absolute atomic E-state index is 0.108. The number of anilines is 1. The van der Waals surface area contributed by atoms with Crippen molar-refractivity contribution in [3.63, 3.8) is 0 Å². The van der Waals surface area contributed by atoms with Crippen LogP contribution in [0.15, 0.2) is 66.7 Å². The molecule has 0 amide bonds. The lowest BCUT2D eigenvalue weighted by Crippen LogP contribution is -2.32. The van der Waals surface area contributed by atoms with Gasteiger partial charge in [-0.2, -0.15) is 18.2 Å². The van der Waals surface area contributed by atoms with E-state index in [9.17, 15) is 18.0 Å². The maximum atomic E-state index is 14.1. The molecule has 0 fully saturated rings. The number of alkyl halides is 3. The van der Waals surface area contributed by atoms with Gasteiger partial charge in [-0.3, -0.25) is 4.79 Å². The Morgan fingerprint density at radius 1 is 1.00 bits per heavy atom. The molecule has 192 valence electrons. The highest BCUT2D eigenvalue weighted by Crippen LogP contribution is 2.38. The summed E-state index contributed by atoms with van der Waals surface area (Å²) in [4.78, 5) is 18.9. The number of halogens is 3. The molecular formula is C26H23F3N4O4. The summed E-state index contributed by atoms with van der Waals surface area (Å²) in [5, 5.41) is 10.3. The number of ether oxygens (including phenoxy) is 2. The van der Waals surface area contributed by atoms with Crippen molar-refractivity contribution in [3.8, 4) is 22.9 Å². The Morgan fingerprint density at radius 2 is 1.68 bits per heavy atom. The summed E-state index contributed by atoms with van der Waals surface area (Å²) >= 11 is 0. The molecule has 4 aromatic rings. The van der Waals surface area contributed by atoms with Crippen LogP contribution in [-0.4, -0.2) is 40.4 Å². The highest BCUT2D eigenvalue weighted by molar-refractivity contribution is 5.84. The van der Waals surface area contributed by atoms with Crippen LogP contribution in [0.1, 0.15) is 17.2 Å². The van der Waals surface area contributed by atoms with E-state index in [0.717, 1.165) is 0 Å². The molecule has 0 saturated carbocycles. The van der Waals surface area contributed by atoms with Crippen LogP contribution in [0, 0.1) is 0 Å². The number of methoxy groups -OCH3 is 1. The minimum Gasteiger partial charge on any atom is -0.497 e. The first-order chi connectivity index (χ1) is 17.5. The lowest BCUT2D eigenvalue weighted by atomic mass is 10.0. The molecule has 0 aliphatic rings. The number of nitrogens with zero attached hydrogens (tertiary/aromatic N) is 2. The maximum absolute atomic E-state index is 14.1. The normalized spacial score (nSPS) is 13.2. The standard InChI is InChI=1S/C26H23F3N4O4/c1-36-19-9-8-16-11-18(7-6-17(16)12-19)23(26(27,28)29)37-22-13-21(32-25(31)33-22)15-4-2-14(3-5-15)10-20(30)24(34)35/h2-9,11-13,20,23H,10,30H2,1H3,(H,34,35)(H2,31,32,33)/t20?,23-/m0/s1. The van der Waals surface area contributed by atoms with Crippen molar-refractivity contribution >= 4 is 22.7 Å². The summed E-state index contributed by atoms with van der Waals surface area (Å²) in [6.07, 6.45) is -6.94. The van der Waals surface area contributed by atoms with Crippen LogP contribution in [0.5, 0.6) is 11.6 Å². The van der Waals surface area contributed by atoms with Gasteiger partial charge in [0.2, 0.25) is 17.9 Å². The van der Waals surface area contributed by atoms with Crippen molar-refractivity contribution in [2.45, 2.75) is 24.7 Å². The van der Waals surface area contributed by atoms with Gasteiger partial charge in [-0.05, 0) is 41.0 Å². The Bertz CT molecular complexity index is 1430. The SMILES string of the molecule is COc1ccc2cc([C@H](Oc3cc(-c4ccc(CC(N)C(=O)O)cc4)nc(N)n3)C(F)(F)F)ccc2c1. The second-order valence-corrected chi connectivity index (χ2v) is 8.31. The monoisotopic (exact) mass is 512 g/mol. The van der Waals surface area contributed by atoms with Gasteiger partial charge in [0, 0.05) is 17.2 Å². The Morgan fingerprint density at radius 3 is 2.32 bits per heavy atom. The fraction of sp³-hybridized carbons (Fsp3) is 0.192. The van der Waals surface area contributed by atoms with Gasteiger partial charge in [-0.15, -0.1) is 0 Å². The highest BCUT2D eigenvalue weighted by Gasteiger charge is 2.43. The van der Waals surface area contributed by atoms with Gasteiger partial charge >= 0.3 is 12.1 Å². The summed E-state index contributed by atoms with van der Waals surface area (Å²) in [5.41, 5.74) is 12.7. The summed E-state index contributed by atoms with van der Waals surface area (Å²) in [5.74, 6) is -1.15. The van der Waals surface area contributed by atoms with Gasteiger partial charge in [0.25, 0.3) is 0 Å². The third-order valence-corrected chi connectivity index (χ3v) is 5.65. The second-order valence-electron chi connectivity index (χ2n) is 8.31. The molecule has 0 radical (unpaired) electrons. The highest BCUT2D eigenvalue weighted by atomic mass is 19.4. The number of carbonyl (C=O) groups is 1. The number of carboxylic acids is 1. The van der Waals surface area contributed by atoms with Gasteiger partial charge in [-0.25, -0.2) is 4.98 Å². The molecular weight excluding hydrogens is 489 g/mol. The number of hydrogen-bond donors (Lipinski definition) is 3. The average molecular weight is 512 g/mol. The molecule has 8 nitrogen and oxygen atoms in total. The summed E-state index contributed by atoms with van der Waals surface area (Å²) in [6.45, 7) is 0. The summed E-state index contributed by atoms with van der Waals surface area (Å²) in [6, 6.07) is 16.1. The first-order valence-electron chi connectivity index (χ1n) is 11.1. The van der Waals surface area contributed by atoms with E-state index in [1.807, 2.05) is 0 Å². The molecule has 0 spiro atoms. The van der Waals surface area contributed by atoms with Crippen molar-refractivity contribution < 1.29 is 32.5 Å². The third kappa shape index (κ3) is 6.07. The number of aromatic nitrogens is 2. The third-order valence-electron chi connectivity index (χ3n) is 5.65. The zero-order valence-corrected chi connectivity index (χ0v) is 19.6. The van der Waals surface area contributed by atoms with E-state index in [1.54, 1.807) is 48.5 Å². The molecule has 3 aromatic carbocycles. The molecule has 11 heteroatoms. The first kappa shape index (κ1) is 25.7. The van der Waals surface area contributed by atoms with Gasteiger partial charge in [0.05, 0.1) is 12.8 Å². The van der Waals surface area contributed by atoms with Crippen LogP contribution >= 0.6 is 0 Å². The first-order valence-corrected chi connectivity index (χ1v) is 11.1. The number of carboxylic acid groups (broad SMARTS) is 1. The molecule has 4 rings (SSSR count). The van der Waals surface area contributed by atoms with Gasteiger partial charge < -0.3 is 26.0 Å². The van der Waals surface area contributed by atoms with Crippen molar-refractivity contribution in [1.29, 1.82) is 0 Å². The predicted molar refractivity (Wildman–Crippen MR) is 131 cm³/mol. The molecule has 2 atom stereocenters. The molecule has 1 heterocycles. The van der Waals surface area contributed by atoms with E-state index >= 15 is 0 Å². The van der Waals surface area contributed by atoms with Gasteiger partial charge in [-0.1, -0.05) is 42.5 Å². The number of benzene rings is 3. The molecule has 0 saturated heterocycles. The van der Waals surface area contributed by atoms with E-state index < -0.39 is 24.3 Å². The Balaban J connectivity index is 1.63. The van der Waals surface area contributed by atoms with Crippen molar-refractivity contribution in [1.82, 2.24) is 9.97 Å². The Hall–Kier alpha value is -4.38. The Kier molecular flexibility index (Phi) is 7.16. The van der Waals surface area contributed by atoms with Crippen LogP contribution < -0.4 is 20.9 Å². The zero-order valence-electron chi connectivity index (χ0n) is 19.6. The van der Waals surface area contributed by atoms with Crippen LogP contribution in [0.3, 0.4) is 0 Å². The van der Waals surface area contributed by atoms with Crippen LogP contribution in [0.2, 0.25) is 0 Å². The minimum atomic E-state index is -4.75. The summed E-state index contributed by atoms with van der Waals surface area (Å²) < 4.78 is 52.7. The molecule has 1 unspecified atom stereocenters. The quantitative estimate of drug-likeness (QED) is 0.314. The fourth-order valence-corrected chi connectivity index (χ4v) is 3.78. The lowest BCUT2D eigenvalue weighted by molar-refractivity contribution is -0.198. The Labute approximate surface area is 209 Å². The lowest BCUT2D eigenvalue weighted by Gasteiger charge is -2.22. The van der Waals surface area contributed by atoms with Gasteiger partial charge in [0.15, 0.2) is 0 Å². The topological polar surface area (TPSA) is 134 Å². The molecule has 5 N–H and O–H groups in total. The van der Waals surface area contributed by atoms with E-state index in [0.29, 0.717) is 27.6 Å². The number of nitrogen functional groups attached to an aromatic ring is 1. The van der Waals surface area contributed by atoms with Crippen molar-refractivity contribution in [2.24, 2.45) is 5.73 Å². The molecule has 1 aromatic heterocycles. The number of rotatable bonds is 8. The van der Waals surface area contributed by atoms with Crippen LogP contribution in [0.4, 0.5) is 19.1 Å². The van der Waals surface area contributed by atoms with Crippen molar-refractivity contribution in [3.05, 3.63) is 77.9 Å². The van der Waals surface area contributed by atoms with Crippen LogP contribution in [-0.2, 0) is 11.2 Å². The van der Waals surface area contributed by atoms with E-state index in [1.165, 1.54) is 25.3 Å². The fourth-order valence-electron chi connectivity index (χ4n) is 3.78. The summed E-state index contributed by atoms with van der Waals surface area (Å²) in [7, 11) is 1.51. The van der Waals surface area contributed by atoms with Gasteiger partial charge in [0.1, 0.15) is 11.8 Å². The van der Waals surface area contributed by atoms with Crippen LogP contribution in [0.25, 0.3) is 22.0 Å².